The summed E-state index contributed by atoms with van der Waals surface area (Å²) in [4.78, 5) is 27.5. The van der Waals surface area contributed by atoms with Crippen LogP contribution in [0.5, 0.6) is 0 Å². The molecule has 0 aliphatic carbocycles. The lowest BCUT2D eigenvalue weighted by Crippen LogP contribution is -2.41. The maximum Gasteiger partial charge on any atom is 0.435 e. The molecule has 2 heterocycles. The molecule has 10 heteroatoms. The van der Waals surface area contributed by atoms with Crippen LogP contribution in [0.1, 0.15) is 11.4 Å². The Hall–Kier alpha value is -1.87. The van der Waals surface area contributed by atoms with Crippen LogP contribution in [0.15, 0.2) is 0 Å². The van der Waals surface area contributed by atoms with Crippen molar-refractivity contribution in [2.24, 2.45) is 7.05 Å². The van der Waals surface area contributed by atoms with Crippen molar-refractivity contribution < 1.29 is 19.2 Å². The Balaban J connectivity index is 2.05. The molecule has 0 N–H and O–H groups in total. The molecule has 0 bridgehead atoms. The summed E-state index contributed by atoms with van der Waals surface area (Å²) in [5, 5.41) is 10.8. The molecule has 1 fully saturated rings. The molecule has 0 saturated carbocycles. The third-order valence-corrected chi connectivity index (χ3v) is 3.42. The number of halogens is 1. The number of morpholine rings is 1. The lowest BCUT2D eigenvalue weighted by Gasteiger charge is -2.25. The SMILES string of the molecule is Cn1c([N+](=O)[O-])nc(CCl)c1COC(=O)N1CCOCC1. The predicted octanol–water partition coefficient (Wildman–Crippen LogP) is 1.04. The lowest BCUT2D eigenvalue weighted by molar-refractivity contribution is -0.396. The molecule has 116 valence electrons. The second kappa shape index (κ2) is 6.72. The molecule has 1 aliphatic heterocycles. The lowest BCUT2D eigenvalue weighted by atomic mass is 10.3. The molecule has 0 aromatic carbocycles. The average molecular weight is 319 g/mol. The first kappa shape index (κ1) is 15.5. The van der Waals surface area contributed by atoms with Crippen LogP contribution >= 0.6 is 11.6 Å². The van der Waals surface area contributed by atoms with Gasteiger partial charge in [0.25, 0.3) is 0 Å². The zero-order chi connectivity index (χ0) is 15.4. The predicted molar refractivity (Wildman–Crippen MR) is 72.0 cm³/mol. The third-order valence-electron chi connectivity index (χ3n) is 3.16. The van der Waals surface area contributed by atoms with Gasteiger partial charge in [0.2, 0.25) is 0 Å². The highest BCUT2D eigenvalue weighted by Crippen LogP contribution is 2.19. The van der Waals surface area contributed by atoms with Crippen molar-refractivity contribution in [2.45, 2.75) is 12.5 Å². The molecule has 1 aromatic heterocycles. The number of alkyl halides is 1. The van der Waals surface area contributed by atoms with Crippen LogP contribution in [0.4, 0.5) is 10.7 Å². The fourth-order valence-corrected chi connectivity index (χ4v) is 2.21. The van der Waals surface area contributed by atoms with Crippen molar-refractivity contribution in [3.8, 4) is 0 Å². The molecule has 0 radical (unpaired) electrons. The van der Waals surface area contributed by atoms with Gasteiger partial charge in [-0.1, -0.05) is 4.98 Å². The van der Waals surface area contributed by atoms with E-state index in [1.54, 1.807) is 0 Å². The van der Waals surface area contributed by atoms with Crippen LogP contribution in [0.2, 0.25) is 0 Å². The Morgan fingerprint density at radius 3 is 2.76 bits per heavy atom. The molecular weight excluding hydrogens is 304 g/mol. The molecule has 0 unspecified atom stereocenters. The number of carbonyl (C=O) groups is 1. The van der Waals surface area contributed by atoms with Gasteiger partial charge < -0.3 is 24.5 Å². The average Bonchev–Trinajstić information content (AvgIpc) is 2.82. The summed E-state index contributed by atoms with van der Waals surface area (Å²) in [6, 6.07) is 0. The Kier molecular flexibility index (Phi) is 4.97. The van der Waals surface area contributed by atoms with Gasteiger partial charge in [-0.2, -0.15) is 0 Å². The van der Waals surface area contributed by atoms with E-state index < -0.39 is 11.0 Å². The van der Waals surface area contributed by atoms with Gasteiger partial charge in [0, 0.05) is 13.1 Å². The van der Waals surface area contributed by atoms with E-state index in [2.05, 4.69) is 4.98 Å². The van der Waals surface area contributed by atoms with Crippen LogP contribution in [0, 0.1) is 10.1 Å². The first-order chi connectivity index (χ1) is 10.0. The number of imidazole rings is 1. The minimum atomic E-state index is -0.608. The van der Waals surface area contributed by atoms with Gasteiger partial charge in [0.1, 0.15) is 0 Å². The number of hydrogen-bond acceptors (Lipinski definition) is 6. The highest BCUT2D eigenvalue weighted by atomic mass is 35.5. The number of aromatic nitrogens is 2. The molecular formula is C11H15ClN4O5. The molecule has 0 atom stereocenters. The van der Waals surface area contributed by atoms with Gasteiger partial charge in [0.05, 0.1) is 26.1 Å². The molecule has 1 amide bonds. The number of ether oxygens (including phenoxy) is 2. The zero-order valence-corrected chi connectivity index (χ0v) is 12.2. The van der Waals surface area contributed by atoms with Gasteiger partial charge in [-0.25, -0.2) is 9.36 Å². The Morgan fingerprint density at radius 1 is 1.52 bits per heavy atom. The number of nitrogens with zero attached hydrogens (tertiary/aromatic N) is 4. The van der Waals surface area contributed by atoms with E-state index in [-0.39, 0.29) is 18.4 Å². The van der Waals surface area contributed by atoms with Crippen LogP contribution in [-0.2, 0) is 29.0 Å². The monoisotopic (exact) mass is 318 g/mol. The fraction of sp³-hybridized carbons (Fsp3) is 0.636. The third kappa shape index (κ3) is 3.42. The van der Waals surface area contributed by atoms with Crippen molar-refractivity contribution in [1.29, 1.82) is 0 Å². The minimum absolute atomic E-state index is 0.00607. The summed E-state index contributed by atoms with van der Waals surface area (Å²) < 4.78 is 11.6. The normalized spacial score (nSPS) is 15.0. The zero-order valence-electron chi connectivity index (χ0n) is 11.5. The first-order valence-electron chi connectivity index (χ1n) is 6.29. The van der Waals surface area contributed by atoms with E-state index in [9.17, 15) is 14.9 Å². The largest absolute Gasteiger partial charge is 0.441 e. The van der Waals surface area contributed by atoms with E-state index in [0.29, 0.717) is 37.7 Å². The molecule has 1 aromatic rings. The molecule has 9 nitrogen and oxygen atoms in total. The minimum Gasteiger partial charge on any atom is -0.441 e. The second-order valence-electron chi connectivity index (χ2n) is 4.41. The summed E-state index contributed by atoms with van der Waals surface area (Å²) >= 11 is 5.72. The molecule has 0 spiro atoms. The number of rotatable bonds is 4. The van der Waals surface area contributed by atoms with Gasteiger partial charge >= 0.3 is 12.0 Å². The summed E-state index contributed by atoms with van der Waals surface area (Å²) in [7, 11) is 1.49. The topological polar surface area (TPSA) is 99.7 Å². The van der Waals surface area contributed by atoms with Crippen LogP contribution in [-0.4, -0.2) is 51.8 Å². The second-order valence-corrected chi connectivity index (χ2v) is 4.68. The maximum absolute atomic E-state index is 11.9. The molecule has 1 saturated heterocycles. The summed E-state index contributed by atoms with van der Waals surface area (Å²) in [5.41, 5.74) is 0.749. The van der Waals surface area contributed by atoms with Crippen molar-refractivity contribution in [3.63, 3.8) is 0 Å². The van der Waals surface area contributed by atoms with Gasteiger partial charge in [-0.05, 0) is 4.92 Å². The molecule has 2 rings (SSSR count). The van der Waals surface area contributed by atoms with Gasteiger partial charge in [-0.15, -0.1) is 11.6 Å². The highest BCUT2D eigenvalue weighted by Gasteiger charge is 2.26. The molecule has 21 heavy (non-hydrogen) atoms. The summed E-state index contributed by atoms with van der Waals surface area (Å²) in [6.45, 7) is 1.76. The maximum atomic E-state index is 11.9. The quantitative estimate of drug-likeness (QED) is 0.467. The number of amides is 1. The number of hydrogen-bond donors (Lipinski definition) is 0. The van der Waals surface area contributed by atoms with Crippen LogP contribution < -0.4 is 0 Å². The van der Waals surface area contributed by atoms with Crippen molar-refractivity contribution >= 4 is 23.6 Å². The van der Waals surface area contributed by atoms with E-state index >= 15 is 0 Å². The van der Waals surface area contributed by atoms with E-state index in [4.69, 9.17) is 21.1 Å². The van der Waals surface area contributed by atoms with Crippen molar-refractivity contribution in [2.75, 3.05) is 26.3 Å². The van der Waals surface area contributed by atoms with Crippen LogP contribution in [0.25, 0.3) is 0 Å². The van der Waals surface area contributed by atoms with Crippen LogP contribution in [0.3, 0.4) is 0 Å². The van der Waals surface area contributed by atoms with E-state index in [0.717, 1.165) is 0 Å². The Labute approximate surface area is 125 Å². The van der Waals surface area contributed by atoms with E-state index in [1.165, 1.54) is 16.5 Å². The van der Waals surface area contributed by atoms with Crippen molar-refractivity contribution in [3.05, 3.63) is 21.5 Å². The van der Waals surface area contributed by atoms with Crippen molar-refractivity contribution in [1.82, 2.24) is 14.5 Å². The van der Waals surface area contributed by atoms with Gasteiger partial charge in [-0.3, -0.25) is 0 Å². The number of carbonyl (C=O) groups excluding carboxylic acids is 1. The molecule has 1 aliphatic rings. The number of nitro groups is 1. The van der Waals surface area contributed by atoms with Gasteiger partial charge in [0.15, 0.2) is 18.0 Å². The standard InChI is InChI=1S/C11H15ClN4O5/c1-14-9(8(6-12)13-10(14)16(18)19)7-21-11(17)15-2-4-20-5-3-15/h2-7H2,1H3. The Morgan fingerprint density at radius 2 is 2.19 bits per heavy atom. The summed E-state index contributed by atoms with van der Waals surface area (Å²) in [6.07, 6.45) is -0.484. The summed E-state index contributed by atoms with van der Waals surface area (Å²) in [5.74, 6) is -0.324. The fourth-order valence-electron chi connectivity index (χ4n) is 1.99. The Bertz CT molecular complexity index is 541. The highest BCUT2D eigenvalue weighted by molar-refractivity contribution is 6.17. The van der Waals surface area contributed by atoms with E-state index in [1.807, 2.05) is 0 Å². The first-order valence-corrected chi connectivity index (χ1v) is 6.82. The smallest absolute Gasteiger partial charge is 0.435 e.